The van der Waals surface area contributed by atoms with Crippen molar-refractivity contribution in [1.29, 1.82) is 0 Å². The third kappa shape index (κ3) is 3.11. The molecule has 21 heavy (non-hydrogen) atoms. The Hall–Kier alpha value is -1.41. The molecule has 7 nitrogen and oxygen atoms in total. The highest BCUT2D eigenvalue weighted by atomic mass is 79.9. The van der Waals surface area contributed by atoms with Crippen molar-refractivity contribution in [3.63, 3.8) is 0 Å². The number of halogens is 2. The molecule has 0 aliphatic carbocycles. The highest BCUT2D eigenvalue weighted by Gasteiger charge is 2.21. The monoisotopic (exact) mass is 375 g/mol. The first-order valence-electron chi connectivity index (χ1n) is 6.33. The fraction of sp³-hybridized carbons (Fsp3) is 0.500. The first-order valence-corrected chi connectivity index (χ1v) is 7.65. The Kier molecular flexibility index (Phi) is 5.00. The number of aromatic nitrogens is 5. The molecule has 9 heteroatoms. The van der Waals surface area contributed by atoms with Gasteiger partial charge in [-0.3, -0.25) is 4.68 Å². The van der Waals surface area contributed by atoms with Gasteiger partial charge in [0.2, 0.25) is 0 Å². The summed E-state index contributed by atoms with van der Waals surface area (Å²) in [6.45, 7) is 4.33. The van der Waals surface area contributed by atoms with Gasteiger partial charge in [-0.1, -0.05) is 5.21 Å². The minimum Gasteiger partial charge on any atom is -0.461 e. The first-order chi connectivity index (χ1) is 9.99. The zero-order valence-electron chi connectivity index (χ0n) is 11.9. The summed E-state index contributed by atoms with van der Waals surface area (Å²) in [5.41, 5.74) is 2.48. The van der Waals surface area contributed by atoms with E-state index in [4.69, 9.17) is 16.3 Å². The zero-order chi connectivity index (χ0) is 15.6. The maximum absolute atomic E-state index is 11.8. The molecule has 0 aromatic carbocycles. The lowest BCUT2D eigenvalue weighted by Gasteiger charge is -2.06. The number of hydrogen-bond acceptors (Lipinski definition) is 5. The number of rotatable bonds is 5. The van der Waals surface area contributed by atoms with Crippen LogP contribution in [0.15, 0.2) is 4.47 Å². The van der Waals surface area contributed by atoms with Crippen molar-refractivity contribution in [1.82, 2.24) is 24.8 Å². The average molecular weight is 377 g/mol. The van der Waals surface area contributed by atoms with Crippen LogP contribution in [0, 0.1) is 6.92 Å². The van der Waals surface area contributed by atoms with Gasteiger partial charge in [0.1, 0.15) is 0 Å². The van der Waals surface area contributed by atoms with Gasteiger partial charge >= 0.3 is 5.97 Å². The Morgan fingerprint density at radius 3 is 2.67 bits per heavy atom. The van der Waals surface area contributed by atoms with Crippen molar-refractivity contribution in [2.24, 2.45) is 7.05 Å². The van der Waals surface area contributed by atoms with Gasteiger partial charge in [-0.05, 0) is 29.8 Å². The smallest absolute Gasteiger partial charge is 0.360 e. The molecule has 2 aromatic heterocycles. The molecule has 0 aliphatic rings. The van der Waals surface area contributed by atoms with Crippen molar-refractivity contribution in [2.75, 3.05) is 6.61 Å². The molecule has 0 radical (unpaired) electrons. The zero-order valence-corrected chi connectivity index (χ0v) is 14.3. The molecule has 0 N–H and O–H groups in total. The Labute approximate surface area is 135 Å². The molecule has 0 spiro atoms. The van der Waals surface area contributed by atoms with E-state index >= 15 is 0 Å². The molecular formula is C12H15BrClN5O2. The van der Waals surface area contributed by atoms with Crippen LogP contribution in [0.2, 0.25) is 0 Å². The third-order valence-corrected chi connectivity index (χ3v) is 4.28. The van der Waals surface area contributed by atoms with Gasteiger partial charge in [0, 0.05) is 7.05 Å². The van der Waals surface area contributed by atoms with E-state index in [0.29, 0.717) is 12.2 Å². The number of carbonyl (C=O) groups is 1. The van der Waals surface area contributed by atoms with Gasteiger partial charge < -0.3 is 4.74 Å². The van der Waals surface area contributed by atoms with E-state index in [9.17, 15) is 4.79 Å². The van der Waals surface area contributed by atoms with Gasteiger partial charge in [0.15, 0.2) is 5.69 Å². The predicted octanol–water partition coefficient (Wildman–Crippen LogP) is 2.05. The van der Waals surface area contributed by atoms with Crippen LogP contribution in [0.1, 0.15) is 34.5 Å². The van der Waals surface area contributed by atoms with Crippen molar-refractivity contribution >= 4 is 33.5 Å². The molecule has 0 aliphatic heterocycles. The van der Waals surface area contributed by atoms with Crippen molar-refractivity contribution in [2.45, 2.75) is 26.3 Å². The van der Waals surface area contributed by atoms with E-state index in [2.05, 4.69) is 31.3 Å². The predicted molar refractivity (Wildman–Crippen MR) is 80.3 cm³/mol. The standard InChI is InChI=1S/C12H15BrClN5O2/c1-4-21-12(20)11-8(5-14)19(17-15-11)6-9-10(13)7(2)16-18(9)3/h4-6H2,1-3H3. The number of aryl methyl sites for hydroxylation is 2. The highest BCUT2D eigenvalue weighted by Crippen LogP contribution is 2.22. The maximum atomic E-state index is 11.8. The molecule has 0 bridgehead atoms. The summed E-state index contributed by atoms with van der Waals surface area (Å²) in [5.74, 6) is -0.394. The van der Waals surface area contributed by atoms with Crippen LogP contribution in [0.3, 0.4) is 0 Å². The lowest BCUT2D eigenvalue weighted by Crippen LogP contribution is -2.12. The summed E-state index contributed by atoms with van der Waals surface area (Å²) >= 11 is 9.43. The topological polar surface area (TPSA) is 74.8 Å². The molecule has 2 heterocycles. The normalized spacial score (nSPS) is 10.9. The van der Waals surface area contributed by atoms with Crippen molar-refractivity contribution < 1.29 is 9.53 Å². The molecule has 0 saturated carbocycles. The number of ether oxygens (including phenoxy) is 1. The van der Waals surface area contributed by atoms with E-state index in [-0.39, 0.29) is 18.2 Å². The molecule has 2 aromatic rings. The fourth-order valence-electron chi connectivity index (χ4n) is 1.94. The lowest BCUT2D eigenvalue weighted by atomic mass is 10.3. The van der Waals surface area contributed by atoms with Crippen LogP contribution in [-0.2, 0) is 24.2 Å². The minimum absolute atomic E-state index is 0.121. The average Bonchev–Trinajstić information content (AvgIpc) is 2.95. The van der Waals surface area contributed by atoms with Crippen LogP contribution in [0.25, 0.3) is 0 Å². The molecule has 114 valence electrons. The number of alkyl halides is 1. The number of carbonyl (C=O) groups excluding carboxylic acids is 1. The Bertz CT molecular complexity index is 667. The molecule has 0 unspecified atom stereocenters. The Balaban J connectivity index is 2.35. The summed E-state index contributed by atoms with van der Waals surface area (Å²) in [7, 11) is 1.84. The Morgan fingerprint density at radius 1 is 1.43 bits per heavy atom. The molecule has 0 fully saturated rings. The Morgan fingerprint density at radius 2 is 2.14 bits per heavy atom. The van der Waals surface area contributed by atoms with Crippen LogP contribution in [0.5, 0.6) is 0 Å². The van der Waals surface area contributed by atoms with E-state index in [0.717, 1.165) is 15.9 Å². The SMILES string of the molecule is CCOC(=O)c1nnn(Cc2c(Br)c(C)nn2C)c1CCl. The van der Waals surface area contributed by atoms with Crippen LogP contribution in [-0.4, -0.2) is 37.4 Å². The summed E-state index contributed by atoms with van der Waals surface area (Å²) in [6, 6.07) is 0. The van der Waals surface area contributed by atoms with E-state index in [1.165, 1.54) is 0 Å². The quantitative estimate of drug-likeness (QED) is 0.590. The number of hydrogen-bond donors (Lipinski definition) is 0. The van der Waals surface area contributed by atoms with Crippen LogP contribution < -0.4 is 0 Å². The molecule has 0 amide bonds. The second-order valence-corrected chi connectivity index (χ2v) is 5.43. The minimum atomic E-state index is -0.514. The van der Waals surface area contributed by atoms with E-state index in [1.54, 1.807) is 16.3 Å². The van der Waals surface area contributed by atoms with E-state index < -0.39 is 5.97 Å². The summed E-state index contributed by atoms with van der Waals surface area (Å²) < 4.78 is 9.18. The molecule has 0 saturated heterocycles. The van der Waals surface area contributed by atoms with Crippen LogP contribution >= 0.6 is 27.5 Å². The van der Waals surface area contributed by atoms with Gasteiger partial charge in [-0.25, -0.2) is 9.48 Å². The van der Waals surface area contributed by atoms with Crippen LogP contribution in [0.4, 0.5) is 0 Å². The van der Waals surface area contributed by atoms with Gasteiger partial charge in [-0.2, -0.15) is 5.10 Å². The number of nitrogens with zero attached hydrogens (tertiary/aromatic N) is 5. The second-order valence-electron chi connectivity index (χ2n) is 4.37. The third-order valence-electron chi connectivity index (χ3n) is 2.99. The summed E-state index contributed by atoms with van der Waals surface area (Å²) in [4.78, 5) is 11.8. The lowest BCUT2D eigenvalue weighted by molar-refractivity contribution is 0.0518. The molecule has 0 atom stereocenters. The molecular weight excluding hydrogens is 362 g/mol. The van der Waals surface area contributed by atoms with Gasteiger partial charge in [0.05, 0.1) is 40.6 Å². The summed E-state index contributed by atoms with van der Waals surface area (Å²) in [5, 5.41) is 12.2. The van der Waals surface area contributed by atoms with Gasteiger partial charge in [-0.15, -0.1) is 16.7 Å². The first kappa shape index (κ1) is 16.0. The van der Waals surface area contributed by atoms with E-state index in [1.807, 2.05) is 14.0 Å². The van der Waals surface area contributed by atoms with Crippen molar-refractivity contribution in [3.05, 3.63) is 27.2 Å². The van der Waals surface area contributed by atoms with Crippen molar-refractivity contribution in [3.8, 4) is 0 Å². The highest BCUT2D eigenvalue weighted by molar-refractivity contribution is 9.10. The van der Waals surface area contributed by atoms with Gasteiger partial charge in [0.25, 0.3) is 0 Å². The largest absolute Gasteiger partial charge is 0.461 e. The fourth-order valence-corrected chi connectivity index (χ4v) is 2.67. The number of esters is 1. The second kappa shape index (κ2) is 6.57. The molecule has 2 rings (SSSR count). The maximum Gasteiger partial charge on any atom is 0.360 e. The summed E-state index contributed by atoms with van der Waals surface area (Å²) in [6.07, 6.45) is 0.